The summed E-state index contributed by atoms with van der Waals surface area (Å²) < 4.78 is 6.32. The fraction of sp³-hybridized carbons (Fsp3) is 0.294. The SMILES string of the molecule is OC(CCc1ccc2c(c1)CCO2)c1cccc(Br)c1Cl. The first-order valence-corrected chi connectivity index (χ1v) is 8.19. The highest BCUT2D eigenvalue weighted by Gasteiger charge is 2.15. The average molecular weight is 368 g/mol. The largest absolute Gasteiger partial charge is 0.493 e. The number of hydrogen-bond acceptors (Lipinski definition) is 2. The molecule has 0 aromatic heterocycles. The van der Waals surface area contributed by atoms with Gasteiger partial charge in [-0.3, -0.25) is 0 Å². The van der Waals surface area contributed by atoms with Crippen molar-refractivity contribution in [1.29, 1.82) is 0 Å². The highest BCUT2D eigenvalue weighted by molar-refractivity contribution is 9.10. The van der Waals surface area contributed by atoms with Crippen LogP contribution in [-0.2, 0) is 12.8 Å². The Bertz CT molecular complexity index is 657. The van der Waals surface area contributed by atoms with Crippen LogP contribution in [0.1, 0.15) is 29.2 Å². The summed E-state index contributed by atoms with van der Waals surface area (Å²) in [6.45, 7) is 0.773. The third-order valence-corrected chi connectivity index (χ3v) is 5.11. The number of fused-ring (bicyclic) bond motifs is 1. The summed E-state index contributed by atoms with van der Waals surface area (Å²) in [6.07, 6.45) is 1.88. The molecule has 1 aliphatic rings. The van der Waals surface area contributed by atoms with Crippen LogP contribution in [0.5, 0.6) is 5.75 Å². The molecular formula is C17H16BrClO2. The predicted molar refractivity (Wildman–Crippen MR) is 88.1 cm³/mol. The quantitative estimate of drug-likeness (QED) is 0.848. The molecule has 21 heavy (non-hydrogen) atoms. The van der Waals surface area contributed by atoms with Crippen LogP contribution in [0.15, 0.2) is 40.9 Å². The monoisotopic (exact) mass is 366 g/mol. The standard InChI is InChI=1S/C17H16BrClO2/c18-14-3-1-2-13(17(14)19)15(20)6-4-11-5-7-16-12(10-11)8-9-21-16/h1-3,5,7,10,15,20H,4,6,8-9H2. The molecule has 1 unspecified atom stereocenters. The van der Waals surface area contributed by atoms with Crippen molar-refractivity contribution in [2.75, 3.05) is 6.61 Å². The first-order chi connectivity index (χ1) is 10.1. The number of rotatable bonds is 4. The summed E-state index contributed by atoms with van der Waals surface area (Å²) in [5.74, 6) is 0.995. The van der Waals surface area contributed by atoms with Crippen LogP contribution in [0.3, 0.4) is 0 Å². The van der Waals surface area contributed by atoms with Crippen LogP contribution in [0, 0.1) is 0 Å². The van der Waals surface area contributed by atoms with E-state index in [-0.39, 0.29) is 0 Å². The third-order valence-electron chi connectivity index (χ3n) is 3.80. The van der Waals surface area contributed by atoms with Crippen LogP contribution in [0.4, 0.5) is 0 Å². The number of hydrogen-bond donors (Lipinski definition) is 1. The Morgan fingerprint density at radius 2 is 2.14 bits per heavy atom. The van der Waals surface area contributed by atoms with E-state index < -0.39 is 6.10 Å². The molecule has 1 N–H and O–H groups in total. The lowest BCUT2D eigenvalue weighted by Crippen LogP contribution is -2.01. The molecule has 4 heteroatoms. The Kier molecular flexibility index (Phi) is 4.53. The van der Waals surface area contributed by atoms with Gasteiger partial charge in [0.25, 0.3) is 0 Å². The van der Waals surface area contributed by atoms with Crippen LogP contribution in [-0.4, -0.2) is 11.7 Å². The first-order valence-electron chi connectivity index (χ1n) is 7.02. The fourth-order valence-corrected chi connectivity index (χ4v) is 3.27. The van der Waals surface area contributed by atoms with Crippen molar-refractivity contribution < 1.29 is 9.84 Å². The maximum atomic E-state index is 10.4. The van der Waals surface area contributed by atoms with E-state index in [2.05, 4.69) is 28.1 Å². The molecule has 110 valence electrons. The van der Waals surface area contributed by atoms with E-state index in [9.17, 15) is 5.11 Å². The molecule has 0 amide bonds. The summed E-state index contributed by atoms with van der Waals surface area (Å²) in [7, 11) is 0. The first kappa shape index (κ1) is 14.9. The second kappa shape index (κ2) is 6.39. The van der Waals surface area contributed by atoms with Crippen molar-refractivity contribution in [2.45, 2.75) is 25.4 Å². The molecular weight excluding hydrogens is 352 g/mol. The van der Waals surface area contributed by atoms with Crippen molar-refractivity contribution in [3.8, 4) is 5.75 Å². The van der Waals surface area contributed by atoms with E-state index in [4.69, 9.17) is 16.3 Å². The summed E-state index contributed by atoms with van der Waals surface area (Å²) in [6, 6.07) is 11.9. The van der Waals surface area contributed by atoms with Crippen molar-refractivity contribution in [2.24, 2.45) is 0 Å². The predicted octanol–water partition coefficient (Wildman–Crippen LogP) is 4.70. The Labute approximate surface area is 137 Å². The molecule has 0 bridgehead atoms. The maximum absolute atomic E-state index is 10.4. The summed E-state index contributed by atoms with van der Waals surface area (Å²) in [5, 5.41) is 10.9. The number of aryl methyl sites for hydroxylation is 1. The lowest BCUT2D eigenvalue weighted by molar-refractivity contribution is 0.168. The molecule has 2 aromatic rings. The van der Waals surface area contributed by atoms with E-state index in [1.165, 1.54) is 11.1 Å². The van der Waals surface area contributed by atoms with E-state index in [1.54, 1.807) is 0 Å². The van der Waals surface area contributed by atoms with Gasteiger partial charge in [0.1, 0.15) is 5.75 Å². The van der Waals surface area contributed by atoms with Gasteiger partial charge in [0, 0.05) is 16.5 Å². The zero-order valence-corrected chi connectivity index (χ0v) is 13.8. The molecule has 1 aliphatic heterocycles. The molecule has 3 rings (SSSR count). The molecule has 0 aliphatic carbocycles. The number of aliphatic hydroxyl groups is 1. The smallest absolute Gasteiger partial charge is 0.122 e. The fourth-order valence-electron chi connectivity index (χ4n) is 2.63. The second-order valence-corrected chi connectivity index (χ2v) is 6.47. The zero-order chi connectivity index (χ0) is 14.8. The van der Waals surface area contributed by atoms with Gasteiger partial charge in [-0.05, 0) is 52.0 Å². The van der Waals surface area contributed by atoms with Gasteiger partial charge < -0.3 is 9.84 Å². The minimum Gasteiger partial charge on any atom is -0.493 e. The second-order valence-electron chi connectivity index (χ2n) is 5.24. The molecule has 0 radical (unpaired) electrons. The highest BCUT2D eigenvalue weighted by Crippen LogP contribution is 2.32. The molecule has 0 fully saturated rings. The van der Waals surface area contributed by atoms with Gasteiger partial charge >= 0.3 is 0 Å². The van der Waals surface area contributed by atoms with Crippen LogP contribution in [0.2, 0.25) is 5.02 Å². The normalized spacial score (nSPS) is 14.6. The van der Waals surface area contributed by atoms with E-state index in [0.29, 0.717) is 11.4 Å². The molecule has 0 saturated carbocycles. The van der Waals surface area contributed by atoms with Gasteiger partial charge in [-0.2, -0.15) is 0 Å². The number of aliphatic hydroxyl groups excluding tert-OH is 1. The molecule has 1 heterocycles. The van der Waals surface area contributed by atoms with Gasteiger partial charge in [0.05, 0.1) is 17.7 Å². The Morgan fingerprint density at radius 3 is 3.00 bits per heavy atom. The minimum atomic E-state index is -0.556. The topological polar surface area (TPSA) is 29.5 Å². The van der Waals surface area contributed by atoms with E-state index >= 15 is 0 Å². The lowest BCUT2D eigenvalue weighted by Gasteiger charge is -2.14. The molecule has 0 spiro atoms. The van der Waals surface area contributed by atoms with Gasteiger partial charge in [-0.1, -0.05) is 35.9 Å². The average Bonchev–Trinajstić information content (AvgIpc) is 2.95. The van der Waals surface area contributed by atoms with E-state index in [1.807, 2.05) is 24.3 Å². The highest BCUT2D eigenvalue weighted by atomic mass is 79.9. The molecule has 1 atom stereocenters. The van der Waals surface area contributed by atoms with Crippen molar-refractivity contribution in [3.05, 3.63) is 62.6 Å². The van der Waals surface area contributed by atoms with Gasteiger partial charge in [0.2, 0.25) is 0 Å². The summed E-state index contributed by atoms with van der Waals surface area (Å²) in [5.41, 5.74) is 3.27. The van der Waals surface area contributed by atoms with Gasteiger partial charge in [0.15, 0.2) is 0 Å². The molecule has 2 aromatic carbocycles. The number of benzene rings is 2. The third kappa shape index (κ3) is 3.25. The minimum absolute atomic E-state index is 0.556. The number of ether oxygens (including phenoxy) is 1. The van der Waals surface area contributed by atoms with Crippen molar-refractivity contribution in [3.63, 3.8) is 0 Å². The number of halogens is 2. The van der Waals surface area contributed by atoms with Gasteiger partial charge in [-0.15, -0.1) is 0 Å². The van der Waals surface area contributed by atoms with Gasteiger partial charge in [-0.25, -0.2) is 0 Å². The Morgan fingerprint density at radius 1 is 1.29 bits per heavy atom. The Hall–Kier alpha value is -1.03. The summed E-state index contributed by atoms with van der Waals surface area (Å²) in [4.78, 5) is 0. The van der Waals surface area contributed by atoms with Crippen LogP contribution < -0.4 is 4.74 Å². The molecule has 0 saturated heterocycles. The maximum Gasteiger partial charge on any atom is 0.122 e. The Balaban J connectivity index is 1.68. The van der Waals surface area contributed by atoms with Crippen molar-refractivity contribution >= 4 is 27.5 Å². The lowest BCUT2D eigenvalue weighted by atomic mass is 9.99. The van der Waals surface area contributed by atoms with Crippen LogP contribution >= 0.6 is 27.5 Å². The molecule has 2 nitrogen and oxygen atoms in total. The zero-order valence-electron chi connectivity index (χ0n) is 11.5. The van der Waals surface area contributed by atoms with Crippen LogP contribution in [0.25, 0.3) is 0 Å². The summed E-state index contributed by atoms with van der Waals surface area (Å²) >= 11 is 9.61. The van der Waals surface area contributed by atoms with E-state index in [0.717, 1.165) is 35.2 Å². The van der Waals surface area contributed by atoms with Crippen molar-refractivity contribution in [1.82, 2.24) is 0 Å².